The molecule has 0 aliphatic carbocycles. The quantitative estimate of drug-likeness (QED) is 0.499. The van der Waals surface area contributed by atoms with Gasteiger partial charge in [0.25, 0.3) is 0 Å². The smallest absolute Gasteiger partial charge is 0.166 e. The van der Waals surface area contributed by atoms with E-state index in [0.717, 1.165) is 28.8 Å². The van der Waals surface area contributed by atoms with Gasteiger partial charge in [-0.25, -0.2) is 0 Å². The second-order valence-corrected chi connectivity index (χ2v) is 4.01. The standard InChI is InChI=1S/C15H15F3/c1-4-5-11(2)10-12(3)13-6-8-14(9-7-13)15(16,17)18/h4-9H,1-3H3/b5-4+. The van der Waals surface area contributed by atoms with Gasteiger partial charge in [-0.2, -0.15) is 13.2 Å². The number of hydrogen-bond donors (Lipinski definition) is 0. The summed E-state index contributed by atoms with van der Waals surface area (Å²) in [6, 6.07) is 5.11. The Balaban J connectivity index is 3.10. The van der Waals surface area contributed by atoms with Crippen molar-refractivity contribution in [3.63, 3.8) is 0 Å². The van der Waals surface area contributed by atoms with E-state index in [9.17, 15) is 13.2 Å². The van der Waals surface area contributed by atoms with Crippen molar-refractivity contribution < 1.29 is 13.2 Å². The summed E-state index contributed by atoms with van der Waals surface area (Å²) in [5.74, 6) is 0. The van der Waals surface area contributed by atoms with E-state index in [-0.39, 0.29) is 0 Å². The zero-order valence-corrected chi connectivity index (χ0v) is 10.6. The average Bonchev–Trinajstić information content (AvgIpc) is 2.28. The van der Waals surface area contributed by atoms with Crippen molar-refractivity contribution in [2.45, 2.75) is 26.9 Å². The molecule has 1 aromatic carbocycles. The van der Waals surface area contributed by atoms with Gasteiger partial charge in [0, 0.05) is 0 Å². The molecule has 0 heterocycles. The lowest BCUT2D eigenvalue weighted by atomic mass is 10.0. The van der Waals surface area contributed by atoms with E-state index in [1.807, 2.05) is 32.9 Å². The van der Waals surface area contributed by atoms with Crippen LogP contribution in [0.3, 0.4) is 0 Å². The van der Waals surface area contributed by atoms with Gasteiger partial charge in [-0.1, -0.05) is 24.3 Å². The largest absolute Gasteiger partial charge is 0.416 e. The summed E-state index contributed by atoms with van der Waals surface area (Å²) in [6.07, 6.45) is -0.497. The maximum Gasteiger partial charge on any atom is 0.416 e. The van der Waals surface area contributed by atoms with Crippen molar-refractivity contribution in [3.8, 4) is 0 Å². The van der Waals surface area contributed by atoms with Gasteiger partial charge < -0.3 is 0 Å². The van der Waals surface area contributed by atoms with Gasteiger partial charge in [-0.05, 0) is 49.6 Å². The SMILES string of the molecule is C/C=C/C(C)=C=C(C)c1ccc(C(F)(F)F)cc1. The Kier molecular flexibility index (Phi) is 4.57. The topological polar surface area (TPSA) is 0 Å². The second-order valence-electron chi connectivity index (χ2n) is 4.01. The summed E-state index contributed by atoms with van der Waals surface area (Å²) < 4.78 is 37.2. The van der Waals surface area contributed by atoms with Crippen molar-refractivity contribution in [1.82, 2.24) is 0 Å². The molecule has 0 radical (unpaired) electrons. The van der Waals surface area contributed by atoms with Gasteiger partial charge in [0.2, 0.25) is 0 Å². The zero-order chi connectivity index (χ0) is 13.8. The molecule has 0 bridgehead atoms. The monoisotopic (exact) mass is 252 g/mol. The van der Waals surface area contributed by atoms with Crippen LogP contribution in [-0.4, -0.2) is 0 Å². The van der Waals surface area contributed by atoms with Crippen molar-refractivity contribution in [3.05, 3.63) is 58.8 Å². The first-order chi connectivity index (χ1) is 8.34. The van der Waals surface area contributed by atoms with Crippen LogP contribution in [0.15, 0.2) is 47.7 Å². The van der Waals surface area contributed by atoms with Crippen LogP contribution in [0.1, 0.15) is 31.9 Å². The average molecular weight is 252 g/mol. The van der Waals surface area contributed by atoms with Crippen LogP contribution in [0.2, 0.25) is 0 Å². The molecule has 0 atom stereocenters. The van der Waals surface area contributed by atoms with Crippen LogP contribution in [-0.2, 0) is 6.18 Å². The lowest BCUT2D eigenvalue weighted by Gasteiger charge is -2.07. The maximum absolute atomic E-state index is 12.4. The lowest BCUT2D eigenvalue weighted by molar-refractivity contribution is -0.137. The highest BCUT2D eigenvalue weighted by atomic mass is 19.4. The summed E-state index contributed by atoms with van der Waals surface area (Å²) in [5, 5.41) is 0. The summed E-state index contributed by atoms with van der Waals surface area (Å²) in [4.78, 5) is 0. The van der Waals surface area contributed by atoms with Gasteiger partial charge in [0.05, 0.1) is 5.56 Å². The van der Waals surface area contributed by atoms with E-state index in [1.54, 1.807) is 0 Å². The fraction of sp³-hybridized carbons (Fsp3) is 0.267. The van der Waals surface area contributed by atoms with E-state index in [1.165, 1.54) is 12.1 Å². The minimum Gasteiger partial charge on any atom is -0.166 e. The van der Waals surface area contributed by atoms with Gasteiger partial charge in [0.1, 0.15) is 0 Å². The fourth-order valence-electron chi connectivity index (χ4n) is 1.57. The summed E-state index contributed by atoms with van der Waals surface area (Å²) in [5.41, 5.74) is 4.99. The number of rotatable bonds is 2. The highest BCUT2D eigenvalue weighted by Gasteiger charge is 2.29. The minimum absolute atomic E-state index is 0.631. The Morgan fingerprint density at radius 2 is 1.67 bits per heavy atom. The normalized spacial score (nSPS) is 11.4. The molecule has 0 unspecified atom stereocenters. The van der Waals surface area contributed by atoms with Crippen molar-refractivity contribution >= 4 is 5.57 Å². The molecule has 1 aromatic rings. The van der Waals surface area contributed by atoms with E-state index >= 15 is 0 Å². The van der Waals surface area contributed by atoms with Gasteiger partial charge in [0.15, 0.2) is 0 Å². The first kappa shape index (κ1) is 14.3. The summed E-state index contributed by atoms with van der Waals surface area (Å²) in [6.45, 7) is 5.63. The predicted octanol–water partition coefficient (Wildman–Crippen LogP) is 5.23. The molecular weight excluding hydrogens is 237 g/mol. The molecule has 0 nitrogen and oxygen atoms in total. The number of hydrogen-bond acceptors (Lipinski definition) is 0. The molecule has 3 heteroatoms. The van der Waals surface area contributed by atoms with Crippen LogP contribution >= 0.6 is 0 Å². The third-order valence-corrected chi connectivity index (χ3v) is 2.45. The number of halogens is 3. The van der Waals surface area contributed by atoms with Crippen molar-refractivity contribution in [1.29, 1.82) is 0 Å². The molecule has 0 N–H and O–H groups in total. The Morgan fingerprint density at radius 3 is 2.11 bits per heavy atom. The molecule has 18 heavy (non-hydrogen) atoms. The fourth-order valence-corrected chi connectivity index (χ4v) is 1.57. The maximum atomic E-state index is 12.4. The Labute approximate surface area is 105 Å². The third kappa shape index (κ3) is 3.94. The van der Waals surface area contributed by atoms with E-state index in [4.69, 9.17) is 0 Å². The van der Waals surface area contributed by atoms with Crippen LogP contribution < -0.4 is 0 Å². The van der Waals surface area contributed by atoms with Crippen molar-refractivity contribution in [2.24, 2.45) is 0 Å². The molecule has 1 rings (SSSR count). The Morgan fingerprint density at radius 1 is 1.11 bits per heavy atom. The summed E-state index contributed by atoms with van der Waals surface area (Å²) in [7, 11) is 0. The van der Waals surface area contributed by atoms with Crippen molar-refractivity contribution in [2.75, 3.05) is 0 Å². The van der Waals surface area contributed by atoms with Gasteiger partial charge >= 0.3 is 6.18 Å². The van der Waals surface area contributed by atoms with Crippen LogP contribution in [0.25, 0.3) is 5.57 Å². The second kappa shape index (κ2) is 5.74. The molecule has 96 valence electrons. The molecule has 0 saturated carbocycles. The number of alkyl halides is 3. The lowest BCUT2D eigenvalue weighted by Crippen LogP contribution is -2.04. The van der Waals surface area contributed by atoms with Crippen LogP contribution in [0.5, 0.6) is 0 Å². The Hall–Kier alpha value is -1.73. The van der Waals surface area contributed by atoms with Gasteiger partial charge in [-0.3, -0.25) is 0 Å². The van der Waals surface area contributed by atoms with E-state index < -0.39 is 11.7 Å². The van der Waals surface area contributed by atoms with Crippen LogP contribution in [0, 0.1) is 0 Å². The molecule has 0 fully saturated rings. The zero-order valence-electron chi connectivity index (χ0n) is 10.6. The molecule has 0 aliphatic heterocycles. The first-order valence-electron chi connectivity index (χ1n) is 5.59. The molecule has 0 aromatic heterocycles. The van der Waals surface area contributed by atoms with E-state index in [0.29, 0.717) is 0 Å². The summed E-state index contributed by atoms with van der Waals surface area (Å²) >= 11 is 0. The van der Waals surface area contributed by atoms with Crippen LogP contribution in [0.4, 0.5) is 13.2 Å². The van der Waals surface area contributed by atoms with Gasteiger partial charge in [-0.15, -0.1) is 5.73 Å². The van der Waals surface area contributed by atoms with E-state index in [2.05, 4.69) is 5.73 Å². The Bertz CT molecular complexity index is 496. The molecule has 0 spiro atoms. The number of benzene rings is 1. The first-order valence-corrected chi connectivity index (χ1v) is 5.59. The third-order valence-electron chi connectivity index (χ3n) is 2.45. The highest BCUT2D eigenvalue weighted by Crippen LogP contribution is 2.29. The highest BCUT2D eigenvalue weighted by molar-refractivity contribution is 5.64. The molecular formula is C15H15F3. The minimum atomic E-state index is -4.28. The predicted molar refractivity (Wildman–Crippen MR) is 68.0 cm³/mol. The molecule has 0 amide bonds. The molecule has 0 saturated heterocycles. The molecule has 0 aliphatic rings. The number of allylic oxidation sites excluding steroid dienone is 3.